The van der Waals surface area contributed by atoms with Crippen molar-refractivity contribution >= 4 is 17.6 Å². The molecular weight excluding hydrogens is 285 g/mol. The number of carbonyl (C=O) groups is 1. The summed E-state index contributed by atoms with van der Waals surface area (Å²) in [7, 11) is 0. The van der Waals surface area contributed by atoms with Crippen LogP contribution in [0.4, 0.5) is 4.39 Å². The standard InChI is InChI=1S/C14H11ClFNO3/c1-7-6-11(12(14(18)19)8(2)17-7)20-10-5-3-4-9(15)13(10)16/h3-6H,1-2H3,(H,18,19). The number of pyridine rings is 1. The first-order valence-electron chi connectivity index (χ1n) is 5.73. The van der Waals surface area contributed by atoms with Gasteiger partial charge in [0, 0.05) is 11.8 Å². The average molecular weight is 296 g/mol. The van der Waals surface area contributed by atoms with Crippen molar-refractivity contribution in [2.24, 2.45) is 0 Å². The minimum absolute atomic E-state index is 0.0312. The summed E-state index contributed by atoms with van der Waals surface area (Å²) in [5, 5.41) is 9.10. The van der Waals surface area contributed by atoms with Crippen LogP contribution in [-0.4, -0.2) is 16.1 Å². The predicted octanol–water partition coefficient (Wildman–Crippen LogP) is 3.98. The molecule has 0 amide bonds. The van der Waals surface area contributed by atoms with E-state index in [1.54, 1.807) is 13.8 Å². The Bertz CT molecular complexity index is 688. The number of aryl methyl sites for hydroxylation is 2. The molecule has 1 heterocycles. The molecule has 104 valence electrons. The molecule has 0 radical (unpaired) electrons. The van der Waals surface area contributed by atoms with Crippen LogP contribution < -0.4 is 4.74 Å². The zero-order valence-electron chi connectivity index (χ0n) is 10.8. The van der Waals surface area contributed by atoms with Crippen LogP contribution in [0.2, 0.25) is 5.02 Å². The molecule has 1 aromatic heterocycles. The highest BCUT2D eigenvalue weighted by molar-refractivity contribution is 6.30. The number of halogens is 2. The van der Waals surface area contributed by atoms with E-state index in [4.69, 9.17) is 16.3 Å². The topological polar surface area (TPSA) is 59.4 Å². The van der Waals surface area contributed by atoms with Gasteiger partial charge in [0.25, 0.3) is 0 Å². The lowest BCUT2D eigenvalue weighted by molar-refractivity contribution is 0.0692. The summed E-state index contributed by atoms with van der Waals surface area (Å²) >= 11 is 5.66. The number of aromatic carboxylic acids is 1. The van der Waals surface area contributed by atoms with Gasteiger partial charge < -0.3 is 9.84 Å². The second-order valence-electron chi connectivity index (χ2n) is 4.18. The van der Waals surface area contributed by atoms with Crippen molar-refractivity contribution in [2.45, 2.75) is 13.8 Å². The summed E-state index contributed by atoms with van der Waals surface area (Å²) in [6, 6.07) is 5.71. The van der Waals surface area contributed by atoms with Crippen molar-refractivity contribution in [1.29, 1.82) is 0 Å². The Labute approximate surface area is 119 Å². The molecule has 1 N–H and O–H groups in total. The van der Waals surface area contributed by atoms with E-state index < -0.39 is 11.8 Å². The molecule has 6 heteroatoms. The Morgan fingerprint density at radius 2 is 2.05 bits per heavy atom. The smallest absolute Gasteiger partial charge is 0.341 e. The number of nitrogens with zero attached hydrogens (tertiary/aromatic N) is 1. The van der Waals surface area contributed by atoms with Crippen molar-refractivity contribution < 1.29 is 19.0 Å². The molecule has 0 unspecified atom stereocenters. The molecule has 0 fully saturated rings. The van der Waals surface area contributed by atoms with Gasteiger partial charge in [-0.05, 0) is 26.0 Å². The lowest BCUT2D eigenvalue weighted by atomic mass is 10.1. The van der Waals surface area contributed by atoms with Gasteiger partial charge in [-0.3, -0.25) is 4.98 Å². The van der Waals surface area contributed by atoms with E-state index in [9.17, 15) is 14.3 Å². The number of rotatable bonds is 3. The van der Waals surface area contributed by atoms with E-state index in [1.165, 1.54) is 24.3 Å². The largest absolute Gasteiger partial charge is 0.477 e. The van der Waals surface area contributed by atoms with Crippen LogP contribution in [0.5, 0.6) is 11.5 Å². The maximum Gasteiger partial charge on any atom is 0.341 e. The number of hydrogen-bond donors (Lipinski definition) is 1. The van der Waals surface area contributed by atoms with E-state index in [1.807, 2.05) is 0 Å². The van der Waals surface area contributed by atoms with Crippen LogP contribution in [0.3, 0.4) is 0 Å². The third-order valence-electron chi connectivity index (χ3n) is 2.64. The molecule has 0 atom stereocenters. The van der Waals surface area contributed by atoms with E-state index in [0.717, 1.165) is 0 Å². The first kappa shape index (κ1) is 14.3. The first-order valence-corrected chi connectivity index (χ1v) is 6.11. The monoisotopic (exact) mass is 295 g/mol. The van der Waals surface area contributed by atoms with E-state index in [-0.39, 0.29) is 22.1 Å². The maximum atomic E-state index is 13.8. The summed E-state index contributed by atoms with van der Waals surface area (Å²) in [4.78, 5) is 15.3. The highest BCUT2D eigenvalue weighted by atomic mass is 35.5. The summed E-state index contributed by atoms with van der Waals surface area (Å²) < 4.78 is 19.2. The Hall–Kier alpha value is -2.14. The van der Waals surface area contributed by atoms with Crippen LogP contribution in [0, 0.1) is 19.7 Å². The predicted molar refractivity (Wildman–Crippen MR) is 72.2 cm³/mol. The zero-order chi connectivity index (χ0) is 14.9. The molecule has 0 saturated heterocycles. The van der Waals surface area contributed by atoms with Crippen molar-refractivity contribution in [1.82, 2.24) is 4.98 Å². The molecule has 1 aromatic carbocycles. The van der Waals surface area contributed by atoms with Gasteiger partial charge in [0.05, 0.1) is 10.7 Å². The third-order valence-corrected chi connectivity index (χ3v) is 2.93. The molecule has 0 aliphatic rings. The van der Waals surface area contributed by atoms with Crippen LogP contribution in [-0.2, 0) is 0 Å². The summed E-state index contributed by atoms with van der Waals surface area (Å²) in [6.45, 7) is 3.25. The van der Waals surface area contributed by atoms with Crippen LogP contribution in [0.1, 0.15) is 21.7 Å². The molecular formula is C14H11ClFNO3. The molecule has 0 aliphatic heterocycles. The Morgan fingerprint density at radius 3 is 2.70 bits per heavy atom. The van der Waals surface area contributed by atoms with E-state index in [0.29, 0.717) is 11.4 Å². The Balaban J connectivity index is 2.53. The molecule has 0 bridgehead atoms. The van der Waals surface area contributed by atoms with Gasteiger partial charge in [-0.25, -0.2) is 9.18 Å². The molecule has 0 spiro atoms. The van der Waals surface area contributed by atoms with Crippen molar-refractivity contribution in [3.05, 3.63) is 52.1 Å². The maximum absolute atomic E-state index is 13.8. The molecule has 20 heavy (non-hydrogen) atoms. The second kappa shape index (κ2) is 5.46. The minimum Gasteiger partial charge on any atom is -0.477 e. The Morgan fingerprint density at radius 1 is 1.35 bits per heavy atom. The number of hydrogen-bond acceptors (Lipinski definition) is 3. The van der Waals surface area contributed by atoms with Gasteiger partial charge in [-0.2, -0.15) is 0 Å². The van der Waals surface area contributed by atoms with Crippen LogP contribution in [0.25, 0.3) is 0 Å². The fourth-order valence-corrected chi connectivity index (χ4v) is 1.98. The van der Waals surface area contributed by atoms with E-state index in [2.05, 4.69) is 4.98 Å². The van der Waals surface area contributed by atoms with Crippen LogP contribution >= 0.6 is 11.6 Å². The summed E-state index contributed by atoms with van der Waals surface area (Å²) in [6.07, 6.45) is 0. The molecule has 0 saturated carbocycles. The number of benzene rings is 1. The van der Waals surface area contributed by atoms with Gasteiger partial charge in [0.2, 0.25) is 0 Å². The van der Waals surface area contributed by atoms with Gasteiger partial charge >= 0.3 is 5.97 Å². The van der Waals surface area contributed by atoms with Gasteiger partial charge in [0.15, 0.2) is 11.6 Å². The summed E-state index contributed by atoms with van der Waals surface area (Å²) in [5.74, 6) is -2.03. The number of carboxylic acids is 1. The molecule has 2 aromatic rings. The van der Waals surface area contributed by atoms with E-state index >= 15 is 0 Å². The number of carboxylic acid groups (broad SMARTS) is 1. The van der Waals surface area contributed by atoms with Crippen molar-refractivity contribution in [2.75, 3.05) is 0 Å². The second-order valence-corrected chi connectivity index (χ2v) is 4.59. The normalized spacial score (nSPS) is 10.4. The molecule has 2 rings (SSSR count). The number of aromatic nitrogens is 1. The van der Waals surface area contributed by atoms with Crippen molar-refractivity contribution in [3.8, 4) is 11.5 Å². The minimum atomic E-state index is -1.19. The summed E-state index contributed by atoms with van der Waals surface area (Å²) in [5.41, 5.74) is 0.773. The molecule has 4 nitrogen and oxygen atoms in total. The SMILES string of the molecule is Cc1cc(Oc2cccc(Cl)c2F)c(C(=O)O)c(C)n1. The van der Waals surface area contributed by atoms with Gasteiger partial charge in [0.1, 0.15) is 11.3 Å². The fourth-order valence-electron chi connectivity index (χ4n) is 1.81. The van der Waals surface area contributed by atoms with Crippen LogP contribution in [0.15, 0.2) is 24.3 Å². The third kappa shape index (κ3) is 2.72. The number of ether oxygens (including phenoxy) is 1. The zero-order valence-corrected chi connectivity index (χ0v) is 11.5. The lowest BCUT2D eigenvalue weighted by Gasteiger charge is -2.12. The van der Waals surface area contributed by atoms with Crippen molar-refractivity contribution in [3.63, 3.8) is 0 Å². The quantitative estimate of drug-likeness (QED) is 0.930. The lowest BCUT2D eigenvalue weighted by Crippen LogP contribution is -2.06. The molecule has 0 aliphatic carbocycles. The average Bonchev–Trinajstić information content (AvgIpc) is 2.33. The highest BCUT2D eigenvalue weighted by Gasteiger charge is 2.19. The van der Waals surface area contributed by atoms with Gasteiger partial charge in [-0.15, -0.1) is 0 Å². The van der Waals surface area contributed by atoms with Gasteiger partial charge in [-0.1, -0.05) is 17.7 Å². The fraction of sp³-hybridized carbons (Fsp3) is 0.143. The highest BCUT2D eigenvalue weighted by Crippen LogP contribution is 2.32. The Kier molecular flexibility index (Phi) is 3.90. The first-order chi connectivity index (χ1) is 9.40.